The van der Waals surface area contributed by atoms with Gasteiger partial charge in [0.1, 0.15) is 0 Å². The molecule has 1 N–H and O–H groups in total. The van der Waals surface area contributed by atoms with Gasteiger partial charge < -0.3 is 14.9 Å². The fraction of sp³-hybridized carbons (Fsp3) is 0.588. The molecule has 2 fully saturated rings. The molecule has 1 aromatic heterocycles. The summed E-state index contributed by atoms with van der Waals surface area (Å²) in [5.74, 6) is -0.751. The first-order valence-electron chi connectivity index (χ1n) is 8.40. The second-order valence-electron chi connectivity index (χ2n) is 6.50. The molecular formula is C17H22N2O4S2. The number of hydrogen-bond acceptors (Lipinski definition) is 5. The molecule has 0 aliphatic carbocycles. The van der Waals surface area contributed by atoms with Crippen LogP contribution in [0.3, 0.4) is 0 Å². The fourth-order valence-corrected chi connectivity index (χ4v) is 5.91. The van der Waals surface area contributed by atoms with Crippen molar-refractivity contribution < 1.29 is 19.5 Å². The highest BCUT2D eigenvalue weighted by atomic mass is 32.2. The van der Waals surface area contributed by atoms with Crippen LogP contribution >= 0.6 is 23.1 Å². The van der Waals surface area contributed by atoms with Gasteiger partial charge in [0.05, 0.1) is 20.5 Å². The Hall–Kier alpha value is -1.54. The van der Waals surface area contributed by atoms with E-state index in [2.05, 4.69) is 6.92 Å². The lowest BCUT2D eigenvalue weighted by Gasteiger charge is -2.45. The number of carboxylic acid groups (broad SMARTS) is 1. The number of piperidine rings is 1. The zero-order valence-corrected chi connectivity index (χ0v) is 16.0. The number of hydrogen-bond donors (Lipinski definition) is 1. The Morgan fingerprint density at radius 1 is 1.36 bits per heavy atom. The molecule has 1 spiro atoms. The van der Waals surface area contributed by atoms with Gasteiger partial charge in [-0.05, 0) is 30.7 Å². The molecule has 0 saturated carbocycles. The van der Waals surface area contributed by atoms with Crippen molar-refractivity contribution in [2.75, 3.05) is 25.9 Å². The van der Waals surface area contributed by atoms with Crippen LogP contribution in [0.15, 0.2) is 16.3 Å². The Morgan fingerprint density at radius 2 is 2.04 bits per heavy atom. The highest BCUT2D eigenvalue weighted by molar-refractivity contribution is 8.01. The number of thiophene rings is 1. The van der Waals surface area contributed by atoms with E-state index in [9.17, 15) is 19.5 Å². The lowest BCUT2D eigenvalue weighted by Crippen LogP contribution is -2.56. The Balaban J connectivity index is 1.71. The molecule has 25 heavy (non-hydrogen) atoms. The Bertz CT molecular complexity index is 695. The van der Waals surface area contributed by atoms with Crippen molar-refractivity contribution >= 4 is 40.9 Å². The number of amides is 2. The van der Waals surface area contributed by atoms with Crippen molar-refractivity contribution in [2.24, 2.45) is 5.92 Å². The Morgan fingerprint density at radius 3 is 2.64 bits per heavy atom. The molecule has 0 bridgehead atoms. The molecule has 0 radical (unpaired) electrons. The van der Waals surface area contributed by atoms with Crippen LogP contribution < -0.4 is 0 Å². The minimum absolute atomic E-state index is 0.00153. The van der Waals surface area contributed by atoms with Crippen LogP contribution in [0.25, 0.3) is 0 Å². The van der Waals surface area contributed by atoms with Crippen LogP contribution in [-0.4, -0.2) is 64.1 Å². The third-order valence-corrected chi connectivity index (χ3v) is 7.54. The van der Waals surface area contributed by atoms with Crippen molar-refractivity contribution in [1.29, 1.82) is 0 Å². The van der Waals surface area contributed by atoms with Gasteiger partial charge in [0.2, 0.25) is 5.91 Å². The summed E-state index contributed by atoms with van der Waals surface area (Å²) in [6.07, 6.45) is 1.09. The van der Waals surface area contributed by atoms with E-state index < -0.39 is 17.4 Å². The molecular weight excluding hydrogens is 360 g/mol. The molecule has 0 aromatic carbocycles. The van der Waals surface area contributed by atoms with Gasteiger partial charge in [-0.25, -0.2) is 0 Å². The Kier molecular flexibility index (Phi) is 5.11. The van der Waals surface area contributed by atoms with E-state index in [1.807, 2.05) is 12.1 Å². The third kappa shape index (κ3) is 3.17. The van der Waals surface area contributed by atoms with Gasteiger partial charge in [0, 0.05) is 26.6 Å². The summed E-state index contributed by atoms with van der Waals surface area (Å²) < 4.78 is 1.13. The maximum Gasteiger partial charge on any atom is 0.309 e. The predicted molar refractivity (Wildman–Crippen MR) is 97.1 cm³/mol. The Labute approximate surface area is 155 Å². The topological polar surface area (TPSA) is 77.9 Å². The monoisotopic (exact) mass is 382 g/mol. The summed E-state index contributed by atoms with van der Waals surface area (Å²) in [5, 5.41) is 9.51. The van der Waals surface area contributed by atoms with Crippen molar-refractivity contribution in [3.63, 3.8) is 0 Å². The molecule has 2 aliphatic rings. The molecule has 1 unspecified atom stereocenters. The van der Waals surface area contributed by atoms with Gasteiger partial charge in [-0.1, -0.05) is 6.92 Å². The van der Waals surface area contributed by atoms with Crippen molar-refractivity contribution in [3.8, 4) is 0 Å². The van der Waals surface area contributed by atoms with Gasteiger partial charge in [-0.3, -0.25) is 14.4 Å². The normalized spacial score (nSPS) is 22.6. The predicted octanol–water partition coefficient (Wildman–Crippen LogP) is 2.40. The smallest absolute Gasteiger partial charge is 0.309 e. The zero-order chi connectivity index (χ0) is 18.2. The number of thioether (sulfide) groups is 1. The van der Waals surface area contributed by atoms with Crippen LogP contribution in [0.1, 0.15) is 35.9 Å². The van der Waals surface area contributed by atoms with Gasteiger partial charge >= 0.3 is 5.97 Å². The average Bonchev–Trinajstić information content (AvgIpc) is 3.15. The number of nitrogens with zero attached hydrogens (tertiary/aromatic N) is 2. The number of carboxylic acids is 1. The minimum atomic E-state index is -0.919. The molecule has 136 valence electrons. The van der Waals surface area contributed by atoms with Crippen molar-refractivity contribution in [2.45, 2.75) is 35.9 Å². The summed E-state index contributed by atoms with van der Waals surface area (Å²) in [4.78, 5) is 40.5. The van der Waals surface area contributed by atoms with E-state index in [1.165, 1.54) is 11.3 Å². The first-order chi connectivity index (χ1) is 11.9. The molecule has 3 rings (SSSR count). The minimum Gasteiger partial charge on any atom is -0.481 e. The van der Waals surface area contributed by atoms with Gasteiger partial charge in [-0.15, -0.1) is 23.1 Å². The van der Waals surface area contributed by atoms with E-state index in [0.29, 0.717) is 25.9 Å². The molecule has 2 amide bonds. The maximum absolute atomic E-state index is 12.7. The van der Waals surface area contributed by atoms with Crippen molar-refractivity contribution in [3.05, 3.63) is 17.0 Å². The standard InChI is InChI=1S/C17H22N2O4S2/c1-3-24-14-5-4-12(25-14)15(21)19-8-6-17(7-9-19)11(16(22)23)10-13(20)18(17)2/h4-5,11H,3,6-10H2,1-2H3,(H,22,23). The molecule has 8 heteroatoms. The number of likely N-dealkylation sites (tertiary alicyclic amines) is 2. The van der Waals surface area contributed by atoms with Crippen LogP contribution in [0, 0.1) is 5.92 Å². The lowest BCUT2D eigenvalue weighted by atomic mass is 9.77. The van der Waals surface area contributed by atoms with Crippen molar-refractivity contribution in [1.82, 2.24) is 9.80 Å². The number of rotatable bonds is 4. The molecule has 3 heterocycles. The quantitative estimate of drug-likeness (QED) is 0.809. The van der Waals surface area contributed by atoms with Crippen LogP contribution in [0.4, 0.5) is 0 Å². The third-order valence-electron chi connectivity index (χ3n) is 5.36. The van der Waals surface area contributed by atoms with Gasteiger partial charge in [-0.2, -0.15) is 0 Å². The molecule has 2 aliphatic heterocycles. The number of carbonyl (C=O) groups is 3. The summed E-state index contributed by atoms with van der Waals surface area (Å²) in [6.45, 7) is 3.04. The van der Waals surface area contributed by atoms with E-state index in [1.54, 1.807) is 28.6 Å². The summed E-state index contributed by atoms with van der Waals surface area (Å²) in [6, 6.07) is 3.84. The van der Waals surface area contributed by atoms with Crippen LogP contribution in [0.2, 0.25) is 0 Å². The highest BCUT2D eigenvalue weighted by Gasteiger charge is 2.55. The van der Waals surface area contributed by atoms with Crippen LogP contribution in [-0.2, 0) is 9.59 Å². The number of carbonyl (C=O) groups excluding carboxylic acids is 2. The zero-order valence-electron chi connectivity index (χ0n) is 14.4. The highest BCUT2D eigenvalue weighted by Crippen LogP contribution is 2.43. The maximum atomic E-state index is 12.7. The first kappa shape index (κ1) is 18.3. The SMILES string of the molecule is CCSc1ccc(C(=O)N2CCC3(CC2)C(C(=O)O)CC(=O)N3C)s1. The average molecular weight is 383 g/mol. The first-order valence-corrected chi connectivity index (χ1v) is 10.2. The number of aliphatic carboxylic acids is 1. The second-order valence-corrected chi connectivity index (χ2v) is 9.14. The fourth-order valence-electron chi connectivity index (χ4n) is 3.89. The second kappa shape index (κ2) is 6.99. The molecule has 1 aromatic rings. The lowest BCUT2D eigenvalue weighted by molar-refractivity contribution is -0.145. The van der Waals surface area contributed by atoms with E-state index in [-0.39, 0.29) is 18.2 Å². The van der Waals surface area contributed by atoms with E-state index in [4.69, 9.17) is 0 Å². The van der Waals surface area contributed by atoms with Gasteiger partial charge in [0.15, 0.2) is 0 Å². The molecule has 6 nitrogen and oxygen atoms in total. The van der Waals surface area contributed by atoms with E-state index in [0.717, 1.165) is 14.8 Å². The van der Waals surface area contributed by atoms with Crippen LogP contribution in [0.5, 0.6) is 0 Å². The largest absolute Gasteiger partial charge is 0.481 e. The summed E-state index contributed by atoms with van der Waals surface area (Å²) >= 11 is 3.22. The summed E-state index contributed by atoms with van der Waals surface area (Å²) in [5.41, 5.74) is -0.654. The van der Waals surface area contributed by atoms with Gasteiger partial charge in [0.25, 0.3) is 5.91 Å². The molecule has 1 atom stereocenters. The van der Waals surface area contributed by atoms with E-state index >= 15 is 0 Å². The molecule has 2 saturated heterocycles. The summed E-state index contributed by atoms with van der Waals surface area (Å²) in [7, 11) is 1.69.